The fourth-order valence-electron chi connectivity index (χ4n) is 4.70. The van der Waals surface area contributed by atoms with E-state index in [4.69, 9.17) is 9.47 Å². The summed E-state index contributed by atoms with van der Waals surface area (Å²) < 4.78 is 12.1. The van der Waals surface area contributed by atoms with Crippen molar-refractivity contribution in [2.75, 3.05) is 13.7 Å². The minimum Gasteiger partial charge on any atom is -0.508 e. The van der Waals surface area contributed by atoms with E-state index in [0.717, 1.165) is 28.7 Å². The lowest BCUT2D eigenvalue weighted by Gasteiger charge is -2.37. The highest BCUT2D eigenvalue weighted by Gasteiger charge is 2.40. The van der Waals surface area contributed by atoms with Crippen LogP contribution in [0.5, 0.6) is 17.2 Å². The van der Waals surface area contributed by atoms with E-state index >= 15 is 0 Å². The first kappa shape index (κ1) is 22.9. The second kappa shape index (κ2) is 8.93. The van der Waals surface area contributed by atoms with Crippen LogP contribution in [0.25, 0.3) is 0 Å². The highest BCUT2D eigenvalue weighted by atomic mass is 16.5. The monoisotopic (exact) mass is 449 g/mol. The van der Waals surface area contributed by atoms with Gasteiger partial charge in [-0.25, -0.2) is 0 Å². The molecule has 6 heteroatoms. The molecule has 0 bridgehead atoms. The number of methoxy groups -OCH3 is 1. The lowest BCUT2D eigenvalue weighted by atomic mass is 9.86. The first-order chi connectivity index (χ1) is 15.7. The maximum atomic E-state index is 13.2. The molecule has 4 rings (SSSR count). The minimum absolute atomic E-state index is 0.0404. The molecule has 1 amide bonds. The summed E-state index contributed by atoms with van der Waals surface area (Å²) in [6.07, 6.45) is 4.08. The second-order valence-electron chi connectivity index (χ2n) is 9.47. The van der Waals surface area contributed by atoms with E-state index in [9.17, 15) is 14.7 Å². The Morgan fingerprint density at radius 3 is 2.64 bits per heavy atom. The van der Waals surface area contributed by atoms with Gasteiger partial charge < -0.3 is 19.5 Å². The molecule has 1 atom stereocenters. The number of hydrogen-bond acceptors (Lipinski definition) is 5. The number of rotatable bonds is 7. The predicted octanol–water partition coefficient (Wildman–Crippen LogP) is 4.61. The van der Waals surface area contributed by atoms with Crippen molar-refractivity contribution in [2.45, 2.75) is 58.6 Å². The fourth-order valence-corrected chi connectivity index (χ4v) is 4.70. The smallest absolute Gasteiger partial charge is 0.254 e. The maximum absolute atomic E-state index is 13.2. The molecule has 0 radical (unpaired) electrons. The van der Waals surface area contributed by atoms with Gasteiger partial charge in [0.25, 0.3) is 5.91 Å². The van der Waals surface area contributed by atoms with Gasteiger partial charge in [-0.3, -0.25) is 9.59 Å². The van der Waals surface area contributed by atoms with Crippen LogP contribution in [0.3, 0.4) is 0 Å². The van der Waals surface area contributed by atoms with Crippen LogP contribution in [0, 0.1) is 0 Å². The van der Waals surface area contributed by atoms with Crippen LogP contribution >= 0.6 is 0 Å². The number of phenolic OH excluding ortho intramolecular Hbond substituents is 1. The van der Waals surface area contributed by atoms with Gasteiger partial charge in [0.15, 0.2) is 5.78 Å². The zero-order chi connectivity index (χ0) is 23.8. The van der Waals surface area contributed by atoms with Crippen LogP contribution in [0.4, 0.5) is 0 Å². The van der Waals surface area contributed by atoms with Crippen molar-refractivity contribution >= 4 is 11.7 Å². The van der Waals surface area contributed by atoms with Gasteiger partial charge in [0, 0.05) is 24.1 Å². The van der Waals surface area contributed by atoms with Gasteiger partial charge in [0.05, 0.1) is 19.2 Å². The Kier molecular flexibility index (Phi) is 6.19. The summed E-state index contributed by atoms with van der Waals surface area (Å²) in [5, 5.41) is 9.48. The molecule has 2 aromatic carbocycles. The lowest BCUT2D eigenvalue weighted by Crippen LogP contribution is -2.39. The third-order valence-corrected chi connectivity index (χ3v) is 6.39. The number of ether oxygens (including phenoxy) is 2. The Morgan fingerprint density at radius 1 is 1.24 bits per heavy atom. The molecule has 0 saturated heterocycles. The Hall–Kier alpha value is -3.28. The van der Waals surface area contributed by atoms with Gasteiger partial charge in [-0.2, -0.15) is 0 Å². The summed E-state index contributed by atoms with van der Waals surface area (Å²) in [6, 6.07) is 8.87. The van der Waals surface area contributed by atoms with Crippen molar-refractivity contribution in [1.82, 2.24) is 4.90 Å². The molecule has 0 aliphatic carbocycles. The van der Waals surface area contributed by atoms with E-state index in [-0.39, 0.29) is 17.4 Å². The number of amides is 1. The Balaban J connectivity index is 1.59. The van der Waals surface area contributed by atoms with Crippen LogP contribution in [0.15, 0.2) is 42.0 Å². The van der Waals surface area contributed by atoms with Crippen molar-refractivity contribution in [2.24, 2.45) is 0 Å². The second-order valence-corrected chi connectivity index (χ2v) is 9.47. The average molecular weight is 450 g/mol. The standard InChI is InChI=1S/C27H31NO5/c1-17(2)13-20(30)15-27(3)11-9-21-24(32-4)14-22-23(25(21)33-27)16-28(26(22)31)12-10-18-5-7-19(29)8-6-18/h5-8,13-14,29H,9-12,15-16H2,1-4H3. The molecule has 6 nitrogen and oxygen atoms in total. The lowest BCUT2D eigenvalue weighted by molar-refractivity contribution is -0.118. The van der Waals surface area contributed by atoms with E-state index in [0.29, 0.717) is 49.4 Å². The van der Waals surface area contributed by atoms with Crippen LogP contribution < -0.4 is 9.47 Å². The van der Waals surface area contributed by atoms with E-state index in [2.05, 4.69) is 0 Å². The molecule has 1 N–H and O–H groups in total. The topological polar surface area (TPSA) is 76.1 Å². The number of nitrogens with zero attached hydrogens (tertiary/aromatic N) is 1. The van der Waals surface area contributed by atoms with Gasteiger partial charge in [-0.1, -0.05) is 17.7 Å². The van der Waals surface area contributed by atoms with Gasteiger partial charge in [-0.05, 0) is 69.9 Å². The van der Waals surface area contributed by atoms with Crippen molar-refractivity contribution in [3.8, 4) is 17.2 Å². The van der Waals surface area contributed by atoms with E-state index in [1.807, 2.05) is 43.9 Å². The summed E-state index contributed by atoms with van der Waals surface area (Å²) in [5.41, 5.74) is 3.85. The van der Waals surface area contributed by atoms with Gasteiger partial charge in [-0.15, -0.1) is 0 Å². The van der Waals surface area contributed by atoms with Crippen LogP contribution in [0.1, 0.15) is 60.7 Å². The number of phenols is 1. The van der Waals surface area contributed by atoms with Crippen molar-refractivity contribution in [1.29, 1.82) is 0 Å². The Bertz CT molecular complexity index is 1110. The third-order valence-electron chi connectivity index (χ3n) is 6.39. The quantitative estimate of drug-likeness (QED) is 0.625. The molecule has 0 spiro atoms. The minimum atomic E-state index is -0.626. The number of allylic oxidation sites excluding steroid dienone is 2. The van der Waals surface area contributed by atoms with Crippen molar-refractivity contribution in [3.05, 3.63) is 64.2 Å². The SMILES string of the molecule is COc1cc2c(c3c1CCC(C)(CC(=O)C=C(C)C)O3)CN(CCc1ccc(O)cc1)C2=O. The van der Waals surface area contributed by atoms with Crippen LogP contribution in [-0.2, 0) is 24.2 Å². The molecule has 174 valence electrons. The molecule has 2 aromatic rings. The zero-order valence-electron chi connectivity index (χ0n) is 19.7. The largest absolute Gasteiger partial charge is 0.508 e. The molecule has 2 aliphatic rings. The highest BCUT2D eigenvalue weighted by Crippen LogP contribution is 2.46. The molecule has 2 aliphatic heterocycles. The normalized spacial score (nSPS) is 18.9. The van der Waals surface area contributed by atoms with E-state index < -0.39 is 5.60 Å². The van der Waals surface area contributed by atoms with Gasteiger partial charge >= 0.3 is 0 Å². The fraction of sp³-hybridized carbons (Fsp3) is 0.407. The number of benzene rings is 2. The molecular formula is C27H31NO5. The number of carbonyl (C=O) groups is 2. The van der Waals surface area contributed by atoms with E-state index in [1.54, 1.807) is 25.3 Å². The molecule has 0 saturated carbocycles. The summed E-state index contributed by atoms with van der Waals surface area (Å²) in [5.74, 6) is 1.60. The molecule has 33 heavy (non-hydrogen) atoms. The molecule has 1 unspecified atom stereocenters. The maximum Gasteiger partial charge on any atom is 0.254 e. The van der Waals surface area contributed by atoms with Gasteiger partial charge in [0.1, 0.15) is 22.8 Å². The first-order valence-corrected chi connectivity index (χ1v) is 11.4. The third kappa shape index (κ3) is 4.75. The van der Waals surface area contributed by atoms with Crippen molar-refractivity contribution in [3.63, 3.8) is 0 Å². The summed E-state index contributed by atoms with van der Waals surface area (Å²) in [7, 11) is 1.61. The van der Waals surface area contributed by atoms with Crippen LogP contribution in [0.2, 0.25) is 0 Å². The number of fused-ring (bicyclic) bond motifs is 3. The predicted molar refractivity (Wildman–Crippen MR) is 126 cm³/mol. The molecule has 0 aromatic heterocycles. The number of carbonyl (C=O) groups excluding carboxylic acids is 2. The summed E-state index contributed by atoms with van der Waals surface area (Å²) >= 11 is 0. The number of ketones is 1. The molecule has 0 fully saturated rings. The average Bonchev–Trinajstić information content (AvgIpc) is 3.07. The number of aromatic hydroxyl groups is 1. The Morgan fingerprint density at radius 2 is 1.97 bits per heavy atom. The molecular weight excluding hydrogens is 418 g/mol. The summed E-state index contributed by atoms with van der Waals surface area (Å²) in [6.45, 7) is 6.82. The highest BCUT2D eigenvalue weighted by molar-refractivity contribution is 6.00. The van der Waals surface area contributed by atoms with E-state index in [1.165, 1.54) is 0 Å². The Labute approximate surface area is 194 Å². The zero-order valence-corrected chi connectivity index (χ0v) is 19.7. The molecule has 2 heterocycles. The van der Waals surface area contributed by atoms with Gasteiger partial charge in [0.2, 0.25) is 0 Å². The van der Waals surface area contributed by atoms with Crippen LogP contribution in [-0.4, -0.2) is 41.0 Å². The summed E-state index contributed by atoms with van der Waals surface area (Å²) in [4.78, 5) is 27.5. The number of hydrogen-bond donors (Lipinski definition) is 1. The van der Waals surface area contributed by atoms with Crippen molar-refractivity contribution < 1.29 is 24.2 Å². The first-order valence-electron chi connectivity index (χ1n) is 11.4.